The van der Waals surface area contributed by atoms with Gasteiger partial charge in [-0.25, -0.2) is 4.79 Å². The molecule has 0 N–H and O–H groups in total. The molecule has 1 rings (SSSR count). The van der Waals surface area contributed by atoms with Crippen LogP contribution >= 0.6 is 15.9 Å². The zero-order valence-electron chi connectivity index (χ0n) is 9.68. The Labute approximate surface area is 113 Å². The van der Waals surface area contributed by atoms with Gasteiger partial charge in [0, 0.05) is 27.9 Å². The van der Waals surface area contributed by atoms with Crippen LogP contribution in [0.1, 0.15) is 22.3 Å². The molecule has 0 aliphatic rings. The lowest BCUT2D eigenvalue weighted by Crippen LogP contribution is -2.01. The second kappa shape index (κ2) is 7.38. The van der Waals surface area contributed by atoms with Crippen LogP contribution in [0.15, 0.2) is 27.8 Å². The quantitative estimate of drug-likeness (QED) is 0.214. The Bertz CT molecular complexity index is 554. The first-order chi connectivity index (χ1) is 8.69. The molecule has 0 radical (unpaired) electrons. The van der Waals surface area contributed by atoms with Crippen LogP contribution in [0.2, 0.25) is 0 Å². The highest BCUT2D eigenvalue weighted by molar-refractivity contribution is 9.10. The molecule has 0 atom stereocenters. The van der Waals surface area contributed by atoms with E-state index in [2.05, 4.69) is 42.5 Å². The van der Waals surface area contributed by atoms with Crippen LogP contribution in [0, 0.1) is 11.8 Å². The maximum absolute atomic E-state index is 11.3. The lowest BCUT2D eigenvalue weighted by molar-refractivity contribution is 0.0600. The van der Waals surface area contributed by atoms with E-state index >= 15 is 0 Å². The molecule has 1 aromatic carbocycles. The van der Waals surface area contributed by atoms with Crippen molar-refractivity contribution in [3.63, 3.8) is 0 Å². The van der Waals surface area contributed by atoms with Crippen LogP contribution < -0.4 is 0 Å². The van der Waals surface area contributed by atoms with Gasteiger partial charge in [0.1, 0.15) is 0 Å². The van der Waals surface area contributed by atoms with E-state index in [1.54, 1.807) is 18.2 Å². The number of rotatable bonds is 3. The van der Waals surface area contributed by atoms with Crippen LogP contribution in [-0.2, 0) is 4.74 Å². The van der Waals surface area contributed by atoms with Gasteiger partial charge >= 0.3 is 5.97 Å². The molecule has 0 spiro atoms. The minimum Gasteiger partial charge on any atom is -0.465 e. The first-order valence-corrected chi connectivity index (χ1v) is 5.86. The Hall–Kier alpha value is -1.96. The number of halogens is 1. The van der Waals surface area contributed by atoms with Gasteiger partial charge in [0.15, 0.2) is 0 Å². The Morgan fingerprint density at radius 1 is 1.61 bits per heavy atom. The number of hydrogen-bond donors (Lipinski definition) is 0. The van der Waals surface area contributed by atoms with Crippen molar-refractivity contribution < 1.29 is 9.53 Å². The van der Waals surface area contributed by atoms with Crippen molar-refractivity contribution in [1.82, 2.24) is 0 Å². The normalized spacial score (nSPS) is 8.78. The zero-order chi connectivity index (χ0) is 13.4. The molecule has 1 aromatic rings. The Balaban J connectivity index is 2.79. The maximum Gasteiger partial charge on any atom is 0.337 e. The average Bonchev–Trinajstić information content (AvgIpc) is 2.39. The number of esters is 1. The van der Waals surface area contributed by atoms with Gasteiger partial charge in [-0.3, -0.25) is 0 Å². The monoisotopic (exact) mass is 307 g/mol. The molecular weight excluding hydrogens is 298 g/mol. The lowest BCUT2D eigenvalue weighted by Gasteiger charge is -2.01. The molecule has 92 valence electrons. The van der Waals surface area contributed by atoms with Crippen LogP contribution in [-0.4, -0.2) is 19.6 Å². The van der Waals surface area contributed by atoms with Gasteiger partial charge < -0.3 is 4.74 Å². The van der Waals surface area contributed by atoms with Crippen LogP contribution in [0.4, 0.5) is 0 Å². The van der Waals surface area contributed by atoms with Gasteiger partial charge in [-0.05, 0) is 39.7 Å². The highest BCUT2D eigenvalue weighted by Crippen LogP contribution is 2.18. The molecule has 0 aromatic heterocycles. The second-order valence-corrected chi connectivity index (χ2v) is 4.05. The summed E-state index contributed by atoms with van der Waals surface area (Å²) in [6.45, 7) is 0.349. The number of carbonyl (C=O) groups is 1. The van der Waals surface area contributed by atoms with E-state index < -0.39 is 5.97 Å². The predicted octanol–water partition coefficient (Wildman–Crippen LogP) is 3.29. The Morgan fingerprint density at radius 2 is 2.39 bits per heavy atom. The Morgan fingerprint density at radius 3 is 3.00 bits per heavy atom. The molecule has 0 fully saturated rings. The fraction of sp³-hybridized carbons (Fsp3) is 0.250. The van der Waals surface area contributed by atoms with E-state index in [1.165, 1.54) is 7.11 Å². The number of methoxy groups -OCH3 is 1. The number of ether oxygens (including phenoxy) is 1. The SMILES string of the molecule is COC(=O)c1ccc(C#CCCN=[N+]=[N-])c(Br)c1. The standard InChI is InChI=1S/C12H10BrN3O2/c1-18-12(17)10-6-5-9(11(13)8-10)4-2-3-7-15-16-14/h5-6,8H,3,7H2,1H3. The van der Waals surface area contributed by atoms with Gasteiger partial charge in [-0.1, -0.05) is 17.0 Å². The molecule has 0 aliphatic carbocycles. The highest BCUT2D eigenvalue weighted by Gasteiger charge is 2.06. The number of hydrogen-bond acceptors (Lipinski definition) is 3. The summed E-state index contributed by atoms with van der Waals surface area (Å²) in [5, 5.41) is 3.38. The number of nitrogens with zero attached hydrogens (tertiary/aromatic N) is 3. The molecule has 0 amide bonds. The molecule has 0 saturated carbocycles. The topological polar surface area (TPSA) is 75.1 Å². The highest BCUT2D eigenvalue weighted by atomic mass is 79.9. The summed E-state index contributed by atoms with van der Waals surface area (Å²) in [4.78, 5) is 13.9. The smallest absolute Gasteiger partial charge is 0.337 e. The second-order valence-electron chi connectivity index (χ2n) is 3.19. The molecule has 5 nitrogen and oxygen atoms in total. The van der Waals surface area contributed by atoms with Crippen molar-refractivity contribution in [2.24, 2.45) is 5.11 Å². The van der Waals surface area contributed by atoms with Crippen molar-refractivity contribution in [3.8, 4) is 11.8 Å². The minimum atomic E-state index is -0.390. The first kappa shape index (κ1) is 14.1. The summed E-state index contributed by atoms with van der Waals surface area (Å²) < 4.78 is 5.34. The van der Waals surface area contributed by atoms with E-state index in [1.807, 2.05) is 0 Å². The van der Waals surface area contributed by atoms with E-state index in [4.69, 9.17) is 5.53 Å². The molecule has 6 heteroatoms. The van der Waals surface area contributed by atoms with Crippen LogP contribution in [0.5, 0.6) is 0 Å². The average molecular weight is 308 g/mol. The predicted molar refractivity (Wildman–Crippen MR) is 71.0 cm³/mol. The van der Waals surface area contributed by atoms with E-state index in [0.29, 0.717) is 18.5 Å². The molecule has 0 bridgehead atoms. The van der Waals surface area contributed by atoms with Gasteiger partial charge in [0.05, 0.1) is 12.7 Å². The summed E-state index contributed by atoms with van der Waals surface area (Å²) in [6, 6.07) is 5.04. The molecular formula is C12H10BrN3O2. The minimum absolute atomic E-state index is 0.349. The van der Waals surface area contributed by atoms with Crippen molar-refractivity contribution >= 4 is 21.9 Å². The van der Waals surface area contributed by atoms with Crippen molar-refractivity contribution in [2.45, 2.75) is 6.42 Å². The van der Waals surface area contributed by atoms with Crippen molar-refractivity contribution in [2.75, 3.05) is 13.7 Å². The molecule has 0 unspecified atom stereocenters. The van der Waals surface area contributed by atoms with Crippen LogP contribution in [0.3, 0.4) is 0 Å². The third kappa shape index (κ3) is 4.13. The van der Waals surface area contributed by atoms with E-state index in [0.717, 1.165) is 10.0 Å². The lowest BCUT2D eigenvalue weighted by atomic mass is 10.1. The number of azide groups is 1. The fourth-order valence-corrected chi connectivity index (χ4v) is 1.65. The summed E-state index contributed by atoms with van der Waals surface area (Å²) in [6.07, 6.45) is 0.495. The maximum atomic E-state index is 11.3. The molecule has 18 heavy (non-hydrogen) atoms. The van der Waals surface area contributed by atoms with Gasteiger partial charge in [-0.2, -0.15) is 0 Å². The molecule has 0 heterocycles. The van der Waals surface area contributed by atoms with Gasteiger partial charge in [0.25, 0.3) is 0 Å². The summed E-state index contributed by atoms with van der Waals surface area (Å²) in [5.41, 5.74) is 9.32. The first-order valence-electron chi connectivity index (χ1n) is 5.06. The van der Waals surface area contributed by atoms with Gasteiger partial charge in [-0.15, -0.1) is 0 Å². The molecule has 0 aliphatic heterocycles. The summed E-state index contributed by atoms with van der Waals surface area (Å²) >= 11 is 3.34. The Kier molecular flexibility index (Phi) is 5.78. The third-order valence-corrected chi connectivity index (χ3v) is 2.67. The van der Waals surface area contributed by atoms with Gasteiger partial charge in [0.2, 0.25) is 0 Å². The van der Waals surface area contributed by atoms with E-state index in [-0.39, 0.29) is 0 Å². The van der Waals surface area contributed by atoms with E-state index in [9.17, 15) is 4.79 Å². The van der Waals surface area contributed by atoms with Crippen LogP contribution in [0.25, 0.3) is 10.4 Å². The zero-order valence-corrected chi connectivity index (χ0v) is 11.3. The summed E-state index contributed by atoms with van der Waals surface area (Å²) in [5.74, 6) is 5.41. The third-order valence-electron chi connectivity index (χ3n) is 2.01. The number of benzene rings is 1. The summed E-state index contributed by atoms with van der Waals surface area (Å²) in [7, 11) is 1.33. The molecule has 0 saturated heterocycles. The number of carbonyl (C=O) groups excluding carboxylic acids is 1. The van der Waals surface area contributed by atoms with Crippen molar-refractivity contribution in [3.05, 3.63) is 44.2 Å². The fourth-order valence-electron chi connectivity index (χ4n) is 1.17. The largest absolute Gasteiger partial charge is 0.465 e. The van der Waals surface area contributed by atoms with Crippen molar-refractivity contribution in [1.29, 1.82) is 0 Å².